The minimum absolute atomic E-state index is 0.108. The molecule has 1 heterocycles. The number of rotatable bonds is 5. The van der Waals surface area contributed by atoms with E-state index in [0.717, 1.165) is 4.90 Å². The number of benzene rings is 1. The van der Waals surface area contributed by atoms with Crippen LogP contribution < -0.4 is 5.32 Å². The number of amides is 1. The molecule has 1 aromatic heterocycles. The Bertz CT molecular complexity index is 673. The molecule has 1 unspecified atom stereocenters. The molecule has 0 aliphatic rings. The van der Waals surface area contributed by atoms with Gasteiger partial charge in [-0.3, -0.25) is 4.79 Å². The van der Waals surface area contributed by atoms with Gasteiger partial charge in [0, 0.05) is 22.0 Å². The normalized spacial score (nSPS) is 12.5. The van der Waals surface area contributed by atoms with Gasteiger partial charge in [-0.15, -0.1) is 11.8 Å². The highest BCUT2D eigenvalue weighted by Crippen LogP contribution is 2.33. The topological polar surface area (TPSA) is 46.9 Å². The zero-order valence-electron chi connectivity index (χ0n) is 12.5. The summed E-state index contributed by atoms with van der Waals surface area (Å²) < 4.78 is 1.77. The molecule has 0 spiro atoms. The number of nitrogens with zero attached hydrogens (tertiary/aromatic N) is 2. The van der Waals surface area contributed by atoms with Crippen LogP contribution in [0.2, 0.25) is 10.0 Å². The van der Waals surface area contributed by atoms with Gasteiger partial charge >= 0.3 is 0 Å². The molecule has 0 aliphatic heterocycles. The third kappa shape index (κ3) is 4.18. The maximum atomic E-state index is 12.3. The molecule has 2 aromatic rings. The van der Waals surface area contributed by atoms with E-state index < -0.39 is 0 Å². The summed E-state index contributed by atoms with van der Waals surface area (Å²) in [6.07, 6.45) is 1.67. The molecule has 0 saturated carbocycles. The number of aromatic nitrogens is 2. The second-order valence-corrected chi connectivity index (χ2v) is 7.31. The Morgan fingerprint density at radius 1 is 1.27 bits per heavy atom. The predicted octanol–water partition coefficient (Wildman–Crippen LogP) is 4.89. The third-order valence-corrected chi connectivity index (χ3v) is 4.81. The Hall–Kier alpha value is -1.17. The van der Waals surface area contributed by atoms with Gasteiger partial charge in [-0.25, -0.2) is 4.68 Å². The highest BCUT2D eigenvalue weighted by Gasteiger charge is 2.18. The summed E-state index contributed by atoms with van der Waals surface area (Å²) in [5.41, 5.74) is 0. The molecule has 22 heavy (non-hydrogen) atoms. The summed E-state index contributed by atoms with van der Waals surface area (Å²) in [4.78, 5) is 13.1. The molecule has 1 aromatic carbocycles. The molecule has 0 aliphatic carbocycles. The van der Waals surface area contributed by atoms with Crippen LogP contribution in [0.5, 0.6) is 0 Å². The molecular formula is C15H17Cl2N3OS. The van der Waals surface area contributed by atoms with E-state index in [1.165, 1.54) is 11.8 Å². The van der Waals surface area contributed by atoms with Crippen molar-refractivity contribution in [3.63, 3.8) is 0 Å². The van der Waals surface area contributed by atoms with Gasteiger partial charge in [0.15, 0.2) is 0 Å². The van der Waals surface area contributed by atoms with Gasteiger partial charge in [0.2, 0.25) is 5.91 Å². The van der Waals surface area contributed by atoms with E-state index in [1.54, 1.807) is 35.1 Å². The van der Waals surface area contributed by atoms with Crippen molar-refractivity contribution in [2.24, 2.45) is 0 Å². The summed E-state index contributed by atoms with van der Waals surface area (Å²) >= 11 is 13.5. The van der Waals surface area contributed by atoms with Crippen molar-refractivity contribution in [2.75, 3.05) is 5.32 Å². The standard InChI is InChI=1S/C15H17Cl2N3OS/c1-9(2)20-14(6-7-18-20)19-15(21)10(3)22-13-8-11(16)4-5-12(13)17/h4-10H,1-3H3,(H,19,21). The van der Waals surface area contributed by atoms with Gasteiger partial charge in [-0.2, -0.15) is 5.10 Å². The fraction of sp³-hybridized carbons (Fsp3) is 0.333. The van der Waals surface area contributed by atoms with E-state index in [2.05, 4.69) is 10.4 Å². The highest BCUT2D eigenvalue weighted by atomic mass is 35.5. The number of hydrogen-bond acceptors (Lipinski definition) is 3. The summed E-state index contributed by atoms with van der Waals surface area (Å²) in [6.45, 7) is 5.84. The first-order valence-electron chi connectivity index (χ1n) is 6.84. The minimum atomic E-state index is -0.313. The van der Waals surface area contributed by atoms with Gasteiger partial charge in [0.05, 0.1) is 16.5 Å². The summed E-state index contributed by atoms with van der Waals surface area (Å²) in [7, 11) is 0. The van der Waals surface area contributed by atoms with Crippen molar-refractivity contribution in [1.82, 2.24) is 9.78 Å². The largest absolute Gasteiger partial charge is 0.310 e. The van der Waals surface area contributed by atoms with Crippen LogP contribution in [0.1, 0.15) is 26.8 Å². The van der Waals surface area contributed by atoms with Gasteiger partial charge in [-0.05, 0) is 39.0 Å². The van der Waals surface area contributed by atoms with Crippen molar-refractivity contribution in [2.45, 2.75) is 37.0 Å². The molecule has 1 atom stereocenters. The van der Waals surface area contributed by atoms with Crippen LogP contribution in [0.15, 0.2) is 35.4 Å². The highest BCUT2D eigenvalue weighted by molar-refractivity contribution is 8.00. The van der Waals surface area contributed by atoms with E-state index in [1.807, 2.05) is 20.8 Å². The lowest BCUT2D eigenvalue weighted by molar-refractivity contribution is -0.115. The Labute approximate surface area is 144 Å². The molecular weight excluding hydrogens is 341 g/mol. The average molecular weight is 358 g/mol. The number of carbonyl (C=O) groups is 1. The van der Waals surface area contributed by atoms with Gasteiger partial charge in [0.25, 0.3) is 0 Å². The maximum Gasteiger partial charge on any atom is 0.238 e. The summed E-state index contributed by atoms with van der Waals surface area (Å²) in [6, 6.07) is 7.17. The Balaban J connectivity index is 2.06. The predicted molar refractivity (Wildman–Crippen MR) is 93.0 cm³/mol. The molecule has 0 bridgehead atoms. The first kappa shape index (κ1) is 17.2. The summed E-state index contributed by atoms with van der Waals surface area (Å²) in [5.74, 6) is 0.577. The van der Waals surface area contributed by atoms with Gasteiger partial charge in [-0.1, -0.05) is 23.2 Å². The number of nitrogens with one attached hydrogen (secondary N) is 1. The second kappa shape index (κ2) is 7.40. The zero-order chi connectivity index (χ0) is 16.3. The van der Waals surface area contributed by atoms with E-state index in [4.69, 9.17) is 23.2 Å². The molecule has 0 fully saturated rings. The van der Waals surface area contributed by atoms with Gasteiger partial charge < -0.3 is 5.32 Å². The van der Waals surface area contributed by atoms with Crippen LogP contribution in [0.3, 0.4) is 0 Å². The number of hydrogen-bond donors (Lipinski definition) is 1. The van der Waals surface area contributed by atoms with Crippen LogP contribution in [-0.4, -0.2) is 20.9 Å². The second-order valence-electron chi connectivity index (χ2n) is 5.08. The molecule has 1 amide bonds. The van der Waals surface area contributed by atoms with Crippen molar-refractivity contribution < 1.29 is 4.79 Å². The number of thioether (sulfide) groups is 1. The quantitative estimate of drug-likeness (QED) is 0.774. The lowest BCUT2D eigenvalue weighted by Gasteiger charge is -2.15. The monoisotopic (exact) mass is 357 g/mol. The lowest BCUT2D eigenvalue weighted by atomic mass is 10.4. The van der Waals surface area contributed by atoms with Crippen LogP contribution in [0.25, 0.3) is 0 Å². The van der Waals surface area contributed by atoms with Crippen molar-refractivity contribution in [1.29, 1.82) is 0 Å². The van der Waals surface area contributed by atoms with E-state index in [9.17, 15) is 4.79 Å². The van der Waals surface area contributed by atoms with E-state index >= 15 is 0 Å². The fourth-order valence-electron chi connectivity index (χ4n) is 1.86. The van der Waals surface area contributed by atoms with Crippen LogP contribution in [0, 0.1) is 0 Å². The average Bonchev–Trinajstić information content (AvgIpc) is 2.91. The number of anilines is 1. The summed E-state index contributed by atoms with van der Waals surface area (Å²) in [5, 5.41) is 7.95. The smallest absolute Gasteiger partial charge is 0.238 e. The minimum Gasteiger partial charge on any atom is -0.310 e. The SMILES string of the molecule is CC(Sc1cc(Cl)ccc1Cl)C(=O)Nc1ccnn1C(C)C. The van der Waals surface area contributed by atoms with E-state index in [-0.39, 0.29) is 17.2 Å². The number of halogens is 2. The first-order chi connectivity index (χ1) is 10.4. The molecule has 2 rings (SSSR count). The zero-order valence-corrected chi connectivity index (χ0v) is 14.8. The molecule has 0 saturated heterocycles. The van der Waals surface area contributed by atoms with Crippen LogP contribution in [-0.2, 0) is 4.79 Å². The third-order valence-electron chi connectivity index (χ3n) is 2.98. The molecule has 118 valence electrons. The molecule has 0 radical (unpaired) electrons. The maximum absolute atomic E-state index is 12.3. The molecule has 1 N–H and O–H groups in total. The molecule has 7 heteroatoms. The Kier molecular flexibility index (Phi) is 5.78. The fourth-order valence-corrected chi connectivity index (χ4v) is 3.27. The van der Waals surface area contributed by atoms with Crippen LogP contribution >= 0.6 is 35.0 Å². The number of carbonyl (C=O) groups excluding carboxylic acids is 1. The van der Waals surface area contributed by atoms with Crippen molar-refractivity contribution in [3.05, 3.63) is 40.5 Å². The Morgan fingerprint density at radius 3 is 2.68 bits per heavy atom. The van der Waals surface area contributed by atoms with Gasteiger partial charge in [0.1, 0.15) is 5.82 Å². The van der Waals surface area contributed by atoms with E-state index in [0.29, 0.717) is 15.9 Å². The van der Waals surface area contributed by atoms with Crippen molar-refractivity contribution in [3.8, 4) is 0 Å². The lowest BCUT2D eigenvalue weighted by Crippen LogP contribution is -2.24. The molecule has 4 nitrogen and oxygen atoms in total. The van der Waals surface area contributed by atoms with Crippen molar-refractivity contribution >= 4 is 46.7 Å². The first-order valence-corrected chi connectivity index (χ1v) is 8.48. The van der Waals surface area contributed by atoms with Crippen LogP contribution in [0.4, 0.5) is 5.82 Å². The Morgan fingerprint density at radius 2 is 2.00 bits per heavy atom.